The van der Waals surface area contributed by atoms with Gasteiger partial charge in [-0.2, -0.15) is 0 Å². The number of hydrogen-bond acceptors (Lipinski definition) is 1. The van der Waals surface area contributed by atoms with E-state index in [1.807, 2.05) is 25.2 Å². The molecule has 0 spiro atoms. The van der Waals surface area contributed by atoms with E-state index in [9.17, 15) is 0 Å². The molecule has 1 N–H and O–H groups in total. The summed E-state index contributed by atoms with van der Waals surface area (Å²) in [6.45, 7) is 5.76. The van der Waals surface area contributed by atoms with Crippen LogP contribution in [0, 0.1) is 0 Å². The molecule has 1 aliphatic carbocycles. The van der Waals surface area contributed by atoms with Crippen LogP contribution in [0.1, 0.15) is 25.3 Å². The summed E-state index contributed by atoms with van der Waals surface area (Å²) < 4.78 is 0. The Morgan fingerprint density at radius 2 is 2.25 bits per heavy atom. The zero-order chi connectivity index (χ0) is 14.2. The fourth-order valence-electron chi connectivity index (χ4n) is 2.25. The van der Waals surface area contributed by atoms with Crippen molar-refractivity contribution in [2.24, 2.45) is 0 Å². The van der Waals surface area contributed by atoms with Gasteiger partial charge in [0, 0.05) is 11.4 Å². The van der Waals surface area contributed by atoms with Crippen molar-refractivity contribution < 1.29 is 0 Å². The van der Waals surface area contributed by atoms with Crippen LogP contribution in [0.3, 0.4) is 0 Å². The van der Waals surface area contributed by atoms with Crippen LogP contribution in [0.2, 0.25) is 0 Å². The average Bonchev–Trinajstić information content (AvgIpc) is 2.49. The SMILES string of the molecule is C=C/C=C(\C=C/C)Nc1cccc(C2=CC=CCC2)c1. The molecule has 1 aromatic rings. The molecule has 1 heteroatoms. The van der Waals surface area contributed by atoms with Crippen molar-refractivity contribution in [3.8, 4) is 0 Å². The maximum absolute atomic E-state index is 3.75. The van der Waals surface area contributed by atoms with Crippen molar-refractivity contribution in [1.29, 1.82) is 0 Å². The van der Waals surface area contributed by atoms with E-state index in [4.69, 9.17) is 0 Å². The highest BCUT2D eigenvalue weighted by molar-refractivity contribution is 5.71. The van der Waals surface area contributed by atoms with Crippen molar-refractivity contribution in [3.05, 3.63) is 84.6 Å². The second-order valence-electron chi connectivity index (χ2n) is 4.72. The Morgan fingerprint density at radius 1 is 1.35 bits per heavy atom. The fourth-order valence-corrected chi connectivity index (χ4v) is 2.25. The average molecular weight is 263 g/mol. The summed E-state index contributed by atoms with van der Waals surface area (Å²) in [5.41, 5.74) is 4.83. The first-order valence-corrected chi connectivity index (χ1v) is 7.02. The molecule has 0 atom stereocenters. The molecule has 0 heterocycles. The van der Waals surface area contributed by atoms with Gasteiger partial charge in [0.2, 0.25) is 0 Å². The molecule has 0 unspecified atom stereocenters. The van der Waals surface area contributed by atoms with Gasteiger partial charge in [0.15, 0.2) is 0 Å². The first-order valence-electron chi connectivity index (χ1n) is 7.02. The van der Waals surface area contributed by atoms with Gasteiger partial charge in [-0.1, -0.05) is 49.1 Å². The molecule has 0 amide bonds. The summed E-state index contributed by atoms with van der Waals surface area (Å²) in [7, 11) is 0. The maximum Gasteiger partial charge on any atom is 0.0390 e. The van der Waals surface area contributed by atoms with Gasteiger partial charge < -0.3 is 5.32 Å². The lowest BCUT2D eigenvalue weighted by Gasteiger charge is -2.12. The lowest BCUT2D eigenvalue weighted by Crippen LogP contribution is -1.97. The molecule has 1 aliphatic rings. The smallest absolute Gasteiger partial charge is 0.0390 e. The molecule has 0 saturated carbocycles. The summed E-state index contributed by atoms with van der Waals surface area (Å²) in [5.74, 6) is 0. The van der Waals surface area contributed by atoms with Crippen LogP contribution in [-0.2, 0) is 0 Å². The van der Waals surface area contributed by atoms with Crippen molar-refractivity contribution in [2.45, 2.75) is 19.8 Å². The summed E-state index contributed by atoms with van der Waals surface area (Å²) in [5, 5.41) is 3.42. The first kappa shape index (κ1) is 14.1. The topological polar surface area (TPSA) is 12.0 Å². The molecular formula is C19H21N. The van der Waals surface area contributed by atoms with E-state index in [1.54, 1.807) is 6.08 Å². The summed E-state index contributed by atoms with van der Waals surface area (Å²) in [6.07, 6.45) is 16.6. The van der Waals surface area contributed by atoms with Crippen LogP contribution in [0.15, 0.2) is 79.1 Å². The van der Waals surface area contributed by atoms with Gasteiger partial charge in [-0.25, -0.2) is 0 Å². The monoisotopic (exact) mass is 263 g/mol. The lowest BCUT2D eigenvalue weighted by atomic mass is 9.97. The molecule has 0 radical (unpaired) electrons. The Balaban J connectivity index is 2.21. The predicted molar refractivity (Wildman–Crippen MR) is 89.5 cm³/mol. The second kappa shape index (κ2) is 7.34. The number of nitrogens with one attached hydrogen (secondary N) is 1. The number of benzene rings is 1. The van der Waals surface area contributed by atoms with E-state index >= 15 is 0 Å². The molecule has 20 heavy (non-hydrogen) atoms. The molecule has 1 nitrogen and oxygen atoms in total. The lowest BCUT2D eigenvalue weighted by molar-refractivity contribution is 1.05. The second-order valence-corrected chi connectivity index (χ2v) is 4.72. The van der Waals surface area contributed by atoms with Gasteiger partial charge in [-0.15, -0.1) is 0 Å². The summed E-state index contributed by atoms with van der Waals surface area (Å²) in [4.78, 5) is 0. The minimum atomic E-state index is 1.04. The van der Waals surface area contributed by atoms with E-state index in [-0.39, 0.29) is 0 Å². The number of allylic oxidation sites excluding steroid dienone is 8. The molecular weight excluding hydrogens is 242 g/mol. The van der Waals surface area contributed by atoms with Crippen LogP contribution in [0.5, 0.6) is 0 Å². The van der Waals surface area contributed by atoms with Crippen LogP contribution in [0.25, 0.3) is 5.57 Å². The molecule has 0 saturated heterocycles. The van der Waals surface area contributed by atoms with Gasteiger partial charge >= 0.3 is 0 Å². The summed E-state index contributed by atoms with van der Waals surface area (Å²) in [6, 6.07) is 8.55. The van der Waals surface area contributed by atoms with Gasteiger partial charge in [-0.05, 0) is 55.2 Å². The van der Waals surface area contributed by atoms with Crippen LogP contribution in [-0.4, -0.2) is 0 Å². The summed E-state index contributed by atoms with van der Waals surface area (Å²) >= 11 is 0. The zero-order valence-electron chi connectivity index (χ0n) is 12.0. The number of rotatable bonds is 5. The maximum atomic E-state index is 3.75. The van der Waals surface area contributed by atoms with Crippen LogP contribution in [0.4, 0.5) is 5.69 Å². The van der Waals surface area contributed by atoms with E-state index in [2.05, 4.69) is 54.4 Å². The number of hydrogen-bond donors (Lipinski definition) is 1. The Morgan fingerprint density at radius 3 is 2.95 bits per heavy atom. The largest absolute Gasteiger partial charge is 0.356 e. The molecule has 0 fully saturated rings. The predicted octanol–water partition coefficient (Wildman–Crippen LogP) is 5.48. The minimum absolute atomic E-state index is 1.04. The van der Waals surface area contributed by atoms with Gasteiger partial charge in [-0.3, -0.25) is 0 Å². The van der Waals surface area contributed by atoms with Crippen molar-refractivity contribution >= 4 is 11.3 Å². The molecule has 0 aromatic heterocycles. The highest BCUT2D eigenvalue weighted by atomic mass is 14.9. The Labute approximate surface area is 121 Å². The first-order chi connectivity index (χ1) is 9.83. The van der Waals surface area contributed by atoms with E-state index in [0.29, 0.717) is 0 Å². The van der Waals surface area contributed by atoms with Crippen molar-refractivity contribution in [1.82, 2.24) is 0 Å². The molecule has 1 aromatic carbocycles. The van der Waals surface area contributed by atoms with Gasteiger partial charge in [0.25, 0.3) is 0 Å². The molecule has 0 bridgehead atoms. The normalized spacial score (nSPS) is 15.2. The van der Waals surface area contributed by atoms with Crippen molar-refractivity contribution in [3.63, 3.8) is 0 Å². The van der Waals surface area contributed by atoms with Gasteiger partial charge in [0.05, 0.1) is 0 Å². The van der Waals surface area contributed by atoms with E-state index in [1.165, 1.54) is 11.1 Å². The van der Waals surface area contributed by atoms with Crippen molar-refractivity contribution in [2.75, 3.05) is 5.32 Å². The van der Waals surface area contributed by atoms with E-state index < -0.39 is 0 Å². The molecule has 102 valence electrons. The number of anilines is 1. The third-order valence-corrected chi connectivity index (χ3v) is 3.18. The quantitative estimate of drug-likeness (QED) is 0.694. The zero-order valence-corrected chi connectivity index (χ0v) is 12.0. The molecule has 0 aliphatic heterocycles. The minimum Gasteiger partial charge on any atom is -0.356 e. The van der Waals surface area contributed by atoms with Crippen LogP contribution < -0.4 is 5.32 Å². The Hall–Kier alpha value is -2.28. The Bertz CT molecular complexity index is 586. The fraction of sp³-hybridized carbons (Fsp3) is 0.158. The van der Waals surface area contributed by atoms with Gasteiger partial charge in [0.1, 0.15) is 0 Å². The highest BCUT2D eigenvalue weighted by Gasteiger charge is 2.04. The van der Waals surface area contributed by atoms with Crippen LogP contribution >= 0.6 is 0 Å². The third kappa shape index (κ3) is 3.86. The third-order valence-electron chi connectivity index (χ3n) is 3.18. The van der Waals surface area contributed by atoms with E-state index in [0.717, 1.165) is 24.2 Å². The molecule has 2 rings (SSSR count). The standard InChI is InChI=1S/C19H21N/c1-3-9-18(10-4-2)20-19-14-8-13-17(15-19)16-11-6-5-7-12-16/h3-6,8-11,13-15,20H,1,7,12H2,2H3/b10-4-,18-9+. The highest BCUT2D eigenvalue weighted by Crippen LogP contribution is 2.26. The Kier molecular flexibility index (Phi) is 5.19.